The summed E-state index contributed by atoms with van der Waals surface area (Å²) in [6.45, 7) is 10.4. The summed E-state index contributed by atoms with van der Waals surface area (Å²) < 4.78 is 16.2. The molecule has 2 amide bonds. The molecule has 10 nitrogen and oxygen atoms in total. The topological polar surface area (TPSA) is 131 Å². The molecule has 1 heterocycles. The van der Waals surface area contributed by atoms with E-state index in [0.717, 1.165) is 5.56 Å². The molecule has 2 rings (SSSR count). The van der Waals surface area contributed by atoms with Crippen molar-refractivity contribution in [1.29, 1.82) is 0 Å². The van der Waals surface area contributed by atoms with Crippen molar-refractivity contribution in [3.05, 3.63) is 35.9 Å². The predicted molar refractivity (Wildman–Crippen MR) is 136 cm³/mol. The van der Waals surface area contributed by atoms with E-state index >= 15 is 0 Å². The number of carboxylic acid groups (broad SMARTS) is 1. The largest absolute Gasteiger partial charge is 0.480 e. The average Bonchev–Trinajstić information content (AvgIpc) is 3.19. The average molecular weight is 521 g/mol. The van der Waals surface area contributed by atoms with Crippen molar-refractivity contribution in [1.82, 2.24) is 10.2 Å². The summed E-state index contributed by atoms with van der Waals surface area (Å²) in [5, 5.41) is 11.9. The third-order valence-electron chi connectivity index (χ3n) is 5.62. The summed E-state index contributed by atoms with van der Waals surface area (Å²) in [4.78, 5) is 51.2. The summed E-state index contributed by atoms with van der Waals surface area (Å²) in [7, 11) is 0. The highest BCUT2D eigenvalue weighted by Crippen LogP contribution is 2.31. The van der Waals surface area contributed by atoms with Gasteiger partial charge in [-0.1, -0.05) is 30.3 Å². The maximum absolute atomic E-state index is 13.1. The van der Waals surface area contributed by atoms with E-state index in [0.29, 0.717) is 25.7 Å². The zero-order chi connectivity index (χ0) is 27.8. The molecule has 0 radical (unpaired) electrons. The SMILES string of the molecule is CC(C)(C)OC(=O)NC(CCC[C@H]1CC[C@@H](C(=O)OC(C)(C)C)N1C(=O)OCc1ccccc1)C(=O)O. The Hall–Kier alpha value is -3.30. The summed E-state index contributed by atoms with van der Waals surface area (Å²) in [5.41, 5.74) is -0.650. The van der Waals surface area contributed by atoms with E-state index < -0.39 is 47.4 Å². The summed E-state index contributed by atoms with van der Waals surface area (Å²) in [6.07, 6.45) is 0.482. The minimum Gasteiger partial charge on any atom is -0.480 e. The molecule has 1 unspecified atom stereocenters. The maximum atomic E-state index is 13.1. The number of likely N-dealkylation sites (tertiary alicyclic amines) is 1. The fraction of sp³-hybridized carbons (Fsp3) is 0.630. The number of rotatable bonds is 9. The molecule has 3 atom stereocenters. The number of nitrogens with one attached hydrogen (secondary N) is 1. The Morgan fingerprint density at radius 1 is 1.00 bits per heavy atom. The van der Waals surface area contributed by atoms with Crippen molar-refractivity contribution in [2.75, 3.05) is 0 Å². The lowest BCUT2D eigenvalue weighted by Crippen LogP contribution is -2.47. The van der Waals surface area contributed by atoms with Crippen LogP contribution in [0.3, 0.4) is 0 Å². The Balaban J connectivity index is 2.06. The Bertz CT molecular complexity index is 936. The molecule has 206 valence electrons. The first kappa shape index (κ1) is 29.9. The van der Waals surface area contributed by atoms with E-state index in [2.05, 4.69) is 5.32 Å². The van der Waals surface area contributed by atoms with Crippen molar-refractivity contribution >= 4 is 24.1 Å². The molecule has 0 aromatic heterocycles. The van der Waals surface area contributed by atoms with Gasteiger partial charge in [-0.05, 0) is 79.2 Å². The van der Waals surface area contributed by atoms with E-state index in [-0.39, 0.29) is 19.1 Å². The number of carbonyl (C=O) groups is 4. The summed E-state index contributed by atoms with van der Waals surface area (Å²) >= 11 is 0. The quantitative estimate of drug-likeness (QED) is 0.355. The molecule has 0 aliphatic carbocycles. The zero-order valence-corrected chi connectivity index (χ0v) is 22.6. The van der Waals surface area contributed by atoms with Crippen LogP contribution in [0.1, 0.15) is 79.2 Å². The lowest BCUT2D eigenvalue weighted by molar-refractivity contribution is -0.160. The Morgan fingerprint density at radius 2 is 1.62 bits per heavy atom. The van der Waals surface area contributed by atoms with Gasteiger partial charge in [-0.3, -0.25) is 4.90 Å². The van der Waals surface area contributed by atoms with Gasteiger partial charge in [0, 0.05) is 6.04 Å². The second kappa shape index (κ2) is 12.8. The number of carbonyl (C=O) groups excluding carboxylic acids is 3. The van der Waals surface area contributed by atoms with E-state index in [1.54, 1.807) is 41.5 Å². The number of hydrogen-bond donors (Lipinski definition) is 2. The van der Waals surface area contributed by atoms with Crippen molar-refractivity contribution in [2.45, 2.75) is 110 Å². The molecule has 37 heavy (non-hydrogen) atoms. The van der Waals surface area contributed by atoms with Gasteiger partial charge in [-0.25, -0.2) is 19.2 Å². The van der Waals surface area contributed by atoms with Gasteiger partial charge in [0.2, 0.25) is 0 Å². The fourth-order valence-electron chi connectivity index (χ4n) is 4.10. The number of aliphatic carboxylic acids is 1. The van der Waals surface area contributed by atoms with Crippen LogP contribution in [-0.2, 0) is 30.4 Å². The first-order valence-corrected chi connectivity index (χ1v) is 12.6. The zero-order valence-electron chi connectivity index (χ0n) is 22.6. The molecule has 1 saturated heterocycles. The molecule has 2 N–H and O–H groups in total. The minimum absolute atomic E-state index is 0.0603. The lowest BCUT2D eigenvalue weighted by atomic mass is 10.0. The molecule has 1 aromatic carbocycles. The minimum atomic E-state index is -1.18. The Labute approximate surface area is 218 Å². The fourth-order valence-corrected chi connectivity index (χ4v) is 4.10. The van der Waals surface area contributed by atoms with Gasteiger partial charge >= 0.3 is 24.1 Å². The number of hydrogen-bond acceptors (Lipinski definition) is 7. The number of nitrogens with zero attached hydrogens (tertiary/aromatic N) is 1. The van der Waals surface area contributed by atoms with Crippen molar-refractivity contribution in [3.63, 3.8) is 0 Å². The van der Waals surface area contributed by atoms with Gasteiger partial charge < -0.3 is 24.6 Å². The van der Waals surface area contributed by atoms with E-state index in [9.17, 15) is 24.3 Å². The lowest BCUT2D eigenvalue weighted by Gasteiger charge is -2.30. The first-order chi connectivity index (χ1) is 17.2. The van der Waals surface area contributed by atoms with Crippen molar-refractivity contribution in [2.24, 2.45) is 0 Å². The third kappa shape index (κ3) is 10.3. The van der Waals surface area contributed by atoms with Crippen LogP contribution in [-0.4, -0.2) is 63.5 Å². The molecule has 1 aromatic rings. The molecule has 1 aliphatic heterocycles. The number of ether oxygens (including phenoxy) is 3. The predicted octanol–water partition coefficient (Wildman–Crippen LogP) is 4.65. The van der Waals surface area contributed by atoms with Crippen molar-refractivity contribution < 1.29 is 38.5 Å². The molecule has 10 heteroatoms. The van der Waals surface area contributed by atoms with Crippen LogP contribution >= 0.6 is 0 Å². The molecular weight excluding hydrogens is 480 g/mol. The highest BCUT2D eigenvalue weighted by molar-refractivity contribution is 5.83. The number of benzene rings is 1. The van der Waals surface area contributed by atoms with Crippen LogP contribution in [0.5, 0.6) is 0 Å². The molecule has 0 spiro atoms. The van der Waals surface area contributed by atoms with Crippen LogP contribution in [0.4, 0.5) is 9.59 Å². The van der Waals surface area contributed by atoms with Gasteiger partial charge in [0.15, 0.2) is 0 Å². The highest BCUT2D eigenvalue weighted by atomic mass is 16.6. The highest BCUT2D eigenvalue weighted by Gasteiger charge is 2.43. The van der Waals surface area contributed by atoms with Gasteiger partial charge in [0.25, 0.3) is 0 Å². The van der Waals surface area contributed by atoms with Crippen LogP contribution in [0.15, 0.2) is 30.3 Å². The standard InChI is InChI=1S/C27H40N2O8/c1-26(2,3)36-23(32)21-16-15-19(29(21)25(34)35-17-18-11-8-7-9-12-18)13-10-14-20(22(30)31)28-24(33)37-27(4,5)6/h7-9,11-12,19-21H,10,13-17H2,1-6H3,(H,28,33)(H,30,31)/t19-,20?,21-/m0/s1. The molecule has 1 fully saturated rings. The third-order valence-corrected chi connectivity index (χ3v) is 5.62. The number of alkyl carbamates (subject to hydrolysis) is 1. The van der Waals surface area contributed by atoms with Gasteiger partial charge in [0.05, 0.1) is 0 Å². The van der Waals surface area contributed by atoms with Crippen LogP contribution in [0.25, 0.3) is 0 Å². The maximum Gasteiger partial charge on any atom is 0.411 e. The van der Waals surface area contributed by atoms with Gasteiger partial charge in [0.1, 0.15) is 29.9 Å². The second-order valence-electron chi connectivity index (χ2n) is 11.2. The number of esters is 1. The Morgan fingerprint density at radius 3 is 2.19 bits per heavy atom. The molecule has 1 aliphatic rings. The summed E-state index contributed by atoms with van der Waals surface area (Å²) in [6, 6.07) is 6.96. The first-order valence-electron chi connectivity index (χ1n) is 12.6. The van der Waals surface area contributed by atoms with Crippen LogP contribution in [0, 0.1) is 0 Å². The summed E-state index contributed by atoms with van der Waals surface area (Å²) in [5.74, 6) is -1.68. The normalized spacial score (nSPS) is 18.6. The van der Waals surface area contributed by atoms with Crippen molar-refractivity contribution in [3.8, 4) is 0 Å². The molecule has 0 bridgehead atoms. The van der Waals surface area contributed by atoms with E-state index in [4.69, 9.17) is 14.2 Å². The van der Waals surface area contributed by atoms with Crippen LogP contribution < -0.4 is 5.32 Å². The van der Waals surface area contributed by atoms with E-state index in [1.165, 1.54) is 4.90 Å². The van der Waals surface area contributed by atoms with Gasteiger partial charge in [-0.2, -0.15) is 0 Å². The monoisotopic (exact) mass is 520 g/mol. The molecule has 0 saturated carbocycles. The number of amides is 2. The molecular formula is C27H40N2O8. The van der Waals surface area contributed by atoms with Gasteiger partial charge in [-0.15, -0.1) is 0 Å². The van der Waals surface area contributed by atoms with Crippen LogP contribution in [0.2, 0.25) is 0 Å². The number of carboxylic acids is 1. The second-order valence-corrected chi connectivity index (χ2v) is 11.2. The van der Waals surface area contributed by atoms with E-state index in [1.807, 2.05) is 30.3 Å². The smallest absolute Gasteiger partial charge is 0.411 e. The Kier molecular flexibility index (Phi) is 10.3.